The van der Waals surface area contributed by atoms with Crippen molar-refractivity contribution in [3.63, 3.8) is 0 Å². The second-order valence-corrected chi connectivity index (χ2v) is 5.07. The topological polar surface area (TPSA) is 81.5 Å². The molecule has 2 atom stereocenters. The fraction of sp³-hybridized carbons (Fsp3) is 0.176. The molecule has 2 rings (SSSR count). The number of nitrogens with zero attached hydrogens (tertiary/aromatic N) is 1. The molecule has 0 aromatic heterocycles. The lowest BCUT2D eigenvalue weighted by Gasteiger charge is -2.22. The standard InChI is InChI=1S/C17H18FN3O/c1-11(12-7-3-2-4-8-12)15(16(22)21-17(19)20)13-9-5-6-10-14(13)18/h2-11,15H,1H3,(H4,19,20,21,22)/t11-,15+/m0/s1. The van der Waals surface area contributed by atoms with E-state index < -0.39 is 17.6 Å². The van der Waals surface area contributed by atoms with Gasteiger partial charge in [-0.05, 0) is 17.5 Å². The molecule has 0 aliphatic carbocycles. The first-order chi connectivity index (χ1) is 10.5. The van der Waals surface area contributed by atoms with Crippen LogP contribution in [-0.4, -0.2) is 11.9 Å². The minimum Gasteiger partial charge on any atom is -0.370 e. The van der Waals surface area contributed by atoms with Crippen molar-refractivity contribution in [1.82, 2.24) is 0 Å². The monoisotopic (exact) mass is 299 g/mol. The molecule has 0 heterocycles. The third-order valence-electron chi connectivity index (χ3n) is 3.57. The largest absolute Gasteiger partial charge is 0.370 e. The number of hydrogen-bond donors (Lipinski definition) is 2. The first-order valence-corrected chi connectivity index (χ1v) is 6.93. The molecule has 4 N–H and O–H groups in total. The van der Waals surface area contributed by atoms with Crippen LogP contribution < -0.4 is 11.5 Å². The molecular formula is C17H18FN3O. The lowest BCUT2D eigenvalue weighted by atomic mass is 9.82. The first kappa shape index (κ1) is 15.7. The Morgan fingerprint density at radius 3 is 2.23 bits per heavy atom. The number of aliphatic imine (C=N–C) groups is 1. The summed E-state index contributed by atoms with van der Waals surface area (Å²) in [6, 6.07) is 15.6. The number of carbonyl (C=O) groups is 1. The van der Waals surface area contributed by atoms with E-state index in [0.29, 0.717) is 0 Å². The molecule has 0 bridgehead atoms. The van der Waals surface area contributed by atoms with Gasteiger partial charge < -0.3 is 11.5 Å². The molecular weight excluding hydrogens is 281 g/mol. The van der Waals surface area contributed by atoms with Crippen molar-refractivity contribution in [1.29, 1.82) is 0 Å². The van der Waals surface area contributed by atoms with Crippen LogP contribution in [0.15, 0.2) is 59.6 Å². The van der Waals surface area contributed by atoms with E-state index in [2.05, 4.69) is 4.99 Å². The molecule has 2 aromatic rings. The number of amides is 1. The Labute approximate surface area is 128 Å². The van der Waals surface area contributed by atoms with Crippen molar-refractivity contribution in [3.8, 4) is 0 Å². The summed E-state index contributed by atoms with van der Waals surface area (Å²) in [5.74, 6) is -2.39. The zero-order valence-corrected chi connectivity index (χ0v) is 12.2. The maximum absolute atomic E-state index is 14.2. The van der Waals surface area contributed by atoms with E-state index in [9.17, 15) is 9.18 Å². The van der Waals surface area contributed by atoms with Gasteiger partial charge in [-0.1, -0.05) is 55.5 Å². The SMILES string of the molecule is C[C@@H](c1ccccc1)[C@@H](C(=O)N=C(N)N)c1ccccc1F. The maximum atomic E-state index is 14.2. The third kappa shape index (κ3) is 3.49. The van der Waals surface area contributed by atoms with Crippen molar-refractivity contribution in [2.24, 2.45) is 16.5 Å². The molecule has 0 fully saturated rings. The second-order valence-electron chi connectivity index (χ2n) is 5.07. The number of nitrogens with two attached hydrogens (primary N) is 2. The van der Waals surface area contributed by atoms with Gasteiger partial charge >= 0.3 is 0 Å². The average molecular weight is 299 g/mol. The lowest BCUT2D eigenvalue weighted by molar-refractivity contribution is -0.119. The number of rotatable bonds is 4. The van der Waals surface area contributed by atoms with Crippen LogP contribution in [0.5, 0.6) is 0 Å². The molecule has 0 spiro atoms. The van der Waals surface area contributed by atoms with E-state index in [-0.39, 0.29) is 17.4 Å². The molecule has 22 heavy (non-hydrogen) atoms. The van der Waals surface area contributed by atoms with Crippen LogP contribution in [0.3, 0.4) is 0 Å². The number of halogens is 1. The van der Waals surface area contributed by atoms with Crippen molar-refractivity contribution < 1.29 is 9.18 Å². The Bertz CT molecular complexity index is 681. The Kier molecular flexibility index (Phi) is 4.88. The molecule has 0 radical (unpaired) electrons. The predicted octanol–water partition coefficient (Wildman–Crippen LogP) is 2.51. The van der Waals surface area contributed by atoms with Crippen LogP contribution in [0, 0.1) is 5.82 Å². The minimum atomic E-state index is -0.786. The Hall–Kier alpha value is -2.69. The van der Waals surface area contributed by atoms with E-state index in [1.165, 1.54) is 6.07 Å². The van der Waals surface area contributed by atoms with Crippen molar-refractivity contribution in [2.45, 2.75) is 18.8 Å². The maximum Gasteiger partial charge on any atom is 0.257 e. The highest BCUT2D eigenvalue weighted by Crippen LogP contribution is 2.35. The number of carbonyl (C=O) groups excluding carboxylic acids is 1. The molecule has 1 amide bonds. The molecule has 114 valence electrons. The fourth-order valence-corrected chi connectivity index (χ4v) is 2.49. The van der Waals surface area contributed by atoms with Gasteiger partial charge in [0.15, 0.2) is 5.96 Å². The third-order valence-corrected chi connectivity index (χ3v) is 3.57. The Morgan fingerprint density at radius 2 is 1.64 bits per heavy atom. The quantitative estimate of drug-likeness (QED) is 0.672. The number of guanidine groups is 1. The summed E-state index contributed by atoms with van der Waals surface area (Å²) in [7, 11) is 0. The van der Waals surface area contributed by atoms with E-state index in [1.54, 1.807) is 18.2 Å². The molecule has 0 aliphatic rings. The summed E-state index contributed by atoms with van der Waals surface area (Å²) in [6.45, 7) is 1.85. The highest BCUT2D eigenvalue weighted by atomic mass is 19.1. The second kappa shape index (κ2) is 6.85. The zero-order chi connectivity index (χ0) is 16.1. The molecule has 4 nitrogen and oxygen atoms in total. The summed E-state index contributed by atoms with van der Waals surface area (Å²) < 4.78 is 14.2. The van der Waals surface area contributed by atoms with Gasteiger partial charge in [-0.15, -0.1) is 0 Å². The summed E-state index contributed by atoms with van der Waals surface area (Å²) in [5.41, 5.74) is 11.8. The van der Waals surface area contributed by atoms with Gasteiger partial charge in [-0.25, -0.2) is 4.39 Å². The van der Waals surface area contributed by atoms with Crippen LogP contribution in [0.2, 0.25) is 0 Å². The fourth-order valence-electron chi connectivity index (χ4n) is 2.49. The molecule has 0 unspecified atom stereocenters. The number of hydrogen-bond acceptors (Lipinski definition) is 1. The molecule has 0 saturated heterocycles. The Morgan fingerprint density at radius 1 is 1.05 bits per heavy atom. The summed E-state index contributed by atoms with van der Waals surface area (Å²) in [4.78, 5) is 16.0. The van der Waals surface area contributed by atoms with Crippen molar-refractivity contribution in [3.05, 3.63) is 71.5 Å². The minimum absolute atomic E-state index is 0.270. The summed E-state index contributed by atoms with van der Waals surface area (Å²) in [6.07, 6.45) is 0. The van der Waals surface area contributed by atoms with Gasteiger partial charge in [-0.2, -0.15) is 4.99 Å². The Balaban J connectivity index is 2.49. The van der Waals surface area contributed by atoms with Gasteiger partial charge in [-0.3, -0.25) is 4.79 Å². The van der Waals surface area contributed by atoms with Gasteiger partial charge in [0.05, 0.1) is 5.92 Å². The summed E-state index contributed by atoms with van der Waals surface area (Å²) >= 11 is 0. The zero-order valence-electron chi connectivity index (χ0n) is 12.2. The number of benzene rings is 2. The first-order valence-electron chi connectivity index (χ1n) is 6.93. The van der Waals surface area contributed by atoms with Gasteiger partial charge in [0.2, 0.25) is 0 Å². The van der Waals surface area contributed by atoms with E-state index >= 15 is 0 Å². The van der Waals surface area contributed by atoms with Crippen LogP contribution in [0.4, 0.5) is 4.39 Å². The average Bonchev–Trinajstić information content (AvgIpc) is 2.49. The van der Waals surface area contributed by atoms with Gasteiger partial charge in [0.1, 0.15) is 5.82 Å². The van der Waals surface area contributed by atoms with Gasteiger partial charge in [0, 0.05) is 5.56 Å². The molecule has 0 aliphatic heterocycles. The molecule has 5 heteroatoms. The van der Waals surface area contributed by atoms with Crippen LogP contribution in [-0.2, 0) is 4.79 Å². The molecule has 2 aromatic carbocycles. The van der Waals surface area contributed by atoms with E-state index in [0.717, 1.165) is 5.56 Å². The van der Waals surface area contributed by atoms with Crippen LogP contribution in [0.1, 0.15) is 29.9 Å². The highest BCUT2D eigenvalue weighted by Gasteiger charge is 2.30. The van der Waals surface area contributed by atoms with Crippen molar-refractivity contribution in [2.75, 3.05) is 0 Å². The van der Waals surface area contributed by atoms with E-state index in [1.807, 2.05) is 37.3 Å². The van der Waals surface area contributed by atoms with E-state index in [4.69, 9.17) is 11.5 Å². The van der Waals surface area contributed by atoms with Crippen molar-refractivity contribution >= 4 is 11.9 Å². The smallest absolute Gasteiger partial charge is 0.257 e. The molecule has 0 saturated carbocycles. The van der Waals surface area contributed by atoms with Gasteiger partial charge in [0.25, 0.3) is 5.91 Å². The normalized spacial score (nSPS) is 13.2. The predicted molar refractivity (Wildman–Crippen MR) is 84.8 cm³/mol. The highest BCUT2D eigenvalue weighted by molar-refractivity contribution is 5.95. The van der Waals surface area contributed by atoms with Crippen LogP contribution >= 0.6 is 0 Å². The lowest BCUT2D eigenvalue weighted by Crippen LogP contribution is -2.27. The van der Waals surface area contributed by atoms with Crippen LogP contribution in [0.25, 0.3) is 0 Å². The summed E-state index contributed by atoms with van der Waals surface area (Å²) in [5, 5.41) is 0.